The maximum atomic E-state index is 11.7. The number of nitrogens with zero attached hydrogens (tertiary/aromatic N) is 1. The minimum atomic E-state index is -0.400. The van der Waals surface area contributed by atoms with E-state index in [4.69, 9.17) is 4.74 Å². The van der Waals surface area contributed by atoms with Gasteiger partial charge in [0.05, 0.1) is 0 Å². The van der Waals surface area contributed by atoms with E-state index in [1.165, 1.54) is 11.3 Å². The quantitative estimate of drug-likeness (QED) is 0.749. The fraction of sp³-hybridized carbons (Fsp3) is 0.421. The van der Waals surface area contributed by atoms with Crippen molar-refractivity contribution in [3.05, 3.63) is 59.9 Å². The largest absolute Gasteiger partial charge is 0.460 e. The Balaban J connectivity index is 1.84. The molecule has 0 saturated carbocycles. The Hall–Kier alpha value is -2.03. The van der Waals surface area contributed by atoms with E-state index in [9.17, 15) is 4.79 Å². The topological polar surface area (TPSA) is 31.2 Å². The monoisotopic (exact) mass is 299 g/mol. The molecule has 0 fully saturated rings. The number of benzene rings is 1. The molecule has 0 aliphatic rings. The van der Waals surface area contributed by atoms with Crippen molar-refractivity contribution in [3.8, 4) is 0 Å². The summed E-state index contributed by atoms with van der Waals surface area (Å²) < 4.78 is 7.55. The van der Waals surface area contributed by atoms with Crippen LogP contribution in [0.15, 0.2) is 48.7 Å². The number of hydrogen-bond acceptors (Lipinski definition) is 2. The van der Waals surface area contributed by atoms with Gasteiger partial charge in [0.2, 0.25) is 0 Å². The van der Waals surface area contributed by atoms with E-state index in [-0.39, 0.29) is 5.97 Å². The summed E-state index contributed by atoms with van der Waals surface area (Å²) in [6.07, 6.45) is 4.25. The first-order valence-electron chi connectivity index (χ1n) is 7.84. The van der Waals surface area contributed by atoms with Crippen molar-refractivity contribution in [1.29, 1.82) is 0 Å². The molecule has 0 radical (unpaired) electrons. The first-order chi connectivity index (χ1) is 10.4. The van der Waals surface area contributed by atoms with Crippen molar-refractivity contribution in [2.24, 2.45) is 0 Å². The van der Waals surface area contributed by atoms with Crippen LogP contribution in [-0.4, -0.2) is 16.1 Å². The summed E-state index contributed by atoms with van der Waals surface area (Å²) in [6, 6.07) is 14.6. The van der Waals surface area contributed by atoms with Crippen LogP contribution in [0.1, 0.15) is 44.9 Å². The lowest BCUT2D eigenvalue weighted by Crippen LogP contribution is -2.23. The molecule has 1 aromatic heterocycles. The van der Waals surface area contributed by atoms with E-state index in [2.05, 4.69) is 47.2 Å². The van der Waals surface area contributed by atoms with Gasteiger partial charge in [0, 0.05) is 31.3 Å². The molecule has 0 spiro atoms. The Morgan fingerprint density at radius 3 is 2.50 bits per heavy atom. The Morgan fingerprint density at radius 1 is 1.09 bits per heavy atom. The van der Waals surface area contributed by atoms with Crippen molar-refractivity contribution < 1.29 is 9.53 Å². The molecule has 3 nitrogen and oxygen atoms in total. The summed E-state index contributed by atoms with van der Waals surface area (Å²) in [5.74, 6) is -0.121. The number of rotatable bonds is 6. The molecule has 0 unspecified atom stereocenters. The van der Waals surface area contributed by atoms with Gasteiger partial charge in [0.1, 0.15) is 5.60 Å². The standard InChI is InChI=1S/C19H25NO2/c1-19(2,3)22-18(21)12-8-14-20-13-7-11-17(20)15-16-9-5-4-6-10-16/h4-7,9-11,13H,8,12,14-15H2,1-3H3. The highest BCUT2D eigenvalue weighted by Crippen LogP contribution is 2.13. The van der Waals surface area contributed by atoms with Gasteiger partial charge in [-0.2, -0.15) is 0 Å². The molecule has 0 atom stereocenters. The highest BCUT2D eigenvalue weighted by atomic mass is 16.6. The van der Waals surface area contributed by atoms with Crippen LogP contribution in [0.3, 0.4) is 0 Å². The summed E-state index contributed by atoms with van der Waals surface area (Å²) in [4.78, 5) is 11.7. The second-order valence-corrected chi connectivity index (χ2v) is 6.55. The molecule has 0 aliphatic heterocycles. The third kappa shape index (κ3) is 5.40. The van der Waals surface area contributed by atoms with Gasteiger partial charge in [-0.3, -0.25) is 4.79 Å². The van der Waals surface area contributed by atoms with Crippen molar-refractivity contribution in [2.75, 3.05) is 0 Å². The van der Waals surface area contributed by atoms with Crippen molar-refractivity contribution in [3.63, 3.8) is 0 Å². The average Bonchev–Trinajstić information content (AvgIpc) is 2.85. The van der Waals surface area contributed by atoms with E-state index in [0.717, 1.165) is 19.4 Å². The molecule has 0 N–H and O–H groups in total. The van der Waals surface area contributed by atoms with Gasteiger partial charge in [-0.25, -0.2) is 0 Å². The van der Waals surface area contributed by atoms with Crippen molar-refractivity contribution in [2.45, 2.75) is 52.2 Å². The molecular weight excluding hydrogens is 274 g/mol. The van der Waals surface area contributed by atoms with Gasteiger partial charge < -0.3 is 9.30 Å². The Morgan fingerprint density at radius 2 is 1.82 bits per heavy atom. The van der Waals surface area contributed by atoms with Crippen molar-refractivity contribution >= 4 is 5.97 Å². The van der Waals surface area contributed by atoms with Gasteiger partial charge in [-0.1, -0.05) is 30.3 Å². The fourth-order valence-corrected chi connectivity index (χ4v) is 2.42. The van der Waals surface area contributed by atoms with Crippen LogP contribution in [0.4, 0.5) is 0 Å². The summed E-state index contributed by atoms with van der Waals surface area (Å²) >= 11 is 0. The summed E-state index contributed by atoms with van der Waals surface area (Å²) in [5, 5.41) is 0. The number of carbonyl (C=O) groups is 1. The number of hydrogen-bond donors (Lipinski definition) is 0. The lowest BCUT2D eigenvalue weighted by atomic mass is 10.1. The molecule has 0 bridgehead atoms. The third-order valence-electron chi connectivity index (χ3n) is 3.35. The normalized spacial score (nSPS) is 11.4. The molecule has 118 valence electrons. The summed E-state index contributed by atoms with van der Waals surface area (Å²) in [6.45, 7) is 6.53. The average molecular weight is 299 g/mol. The summed E-state index contributed by atoms with van der Waals surface area (Å²) in [7, 11) is 0. The summed E-state index contributed by atoms with van der Waals surface area (Å²) in [5.41, 5.74) is 2.17. The Labute approximate surface area is 132 Å². The number of aryl methyl sites for hydroxylation is 1. The maximum Gasteiger partial charge on any atom is 0.306 e. The first kappa shape index (κ1) is 16.3. The molecule has 2 rings (SSSR count). The first-order valence-corrected chi connectivity index (χ1v) is 7.84. The fourth-order valence-electron chi connectivity index (χ4n) is 2.42. The lowest BCUT2D eigenvalue weighted by molar-refractivity contribution is -0.154. The molecule has 1 aromatic carbocycles. The van der Waals surface area contributed by atoms with E-state index < -0.39 is 5.60 Å². The van der Waals surface area contributed by atoms with Gasteiger partial charge in [0.15, 0.2) is 0 Å². The zero-order chi connectivity index (χ0) is 16.0. The zero-order valence-corrected chi connectivity index (χ0v) is 13.7. The minimum absolute atomic E-state index is 0.121. The molecular formula is C19H25NO2. The molecule has 3 heteroatoms. The lowest BCUT2D eigenvalue weighted by Gasteiger charge is -2.19. The molecule has 0 amide bonds. The molecule has 0 saturated heterocycles. The smallest absolute Gasteiger partial charge is 0.306 e. The second-order valence-electron chi connectivity index (χ2n) is 6.55. The third-order valence-corrected chi connectivity index (χ3v) is 3.35. The van der Waals surface area contributed by atoms with E-state index in [1.807, 2.05) is 26.8 Å². The Kier molecular flexibility index (Phi) is 5.42. The van der Waals surface area contributed by atoms with Crippen LogP contribution in [-0.2, 0) is 22.5 Å². The molecule has 22 heavy (non-hydrogen) atoms. The highest BCUT2D eigenvalue weighted by Gasteiger charge is 2.15. The van der Waals surface area contributed by atoms with E-state index in [1.54, 1.807) is 0 Å². The number of esters is 1. The number of aromatic nitrogens is 1. The highest BCUT2D eigenvalue weighted by molar-refractivity contribution is 5.69. The van der Waals surface area contributed by atoms with Gasteiger partial charge in [0.25, 0.3) is 0 Å². The molecule has 1 heterocycles. The van der Waals surface area contributed by atoms with E-state index >= 15 is 0 Å². The predicted molar refractivity (Wildman–Crippen MR) is 88.8 cm³/mol. The van der Waals surface area contributed by atoms with Gasteiger partial charge in [-0.05, 0) is 44.9 Å². The minimum Gasteiger partial charge on any atom is -0.460 e. The van der Waals surface area contributed by atoms with Crippen LogP contribution in [0.5, 0.6) is 0 Å². The molecule has 0 aliphatic carbocycles. The molecule has 2 aromatic rings. The second kappa shape index (κ2) is 7.30. The predicted octanol–water partition coefficient (Wildman–Crippen LogP) is 4.20. The van der Waals surface area contributed by atoms with Gasteiger partial charge >= 0.3 is 5.97 Å². The van der Waals surface area contributed by atoms with Crippen LogP contribution in [0, 0.1) is 0 Å². The number of carbonyl (C=O) groups excluding carboxylic acids is 1. The van der Waals surface area contributed by atoms with Crippen LogP contribution >= 0.6 is 0 Å². The maximum absolute atomic E-state index is 11.7. The number of ether oxygens (including phenoxy) is 1. The van der Waals surface area contributed by atoms with Gasteiger partial charge in [-0.15, -0.1) is 0 Å². The van der Waals surface area contributed by atoms with Crippen LogP contribution in [0.25, 0.3) is 0 Å². The van der Waals surface area contributed by atoms with Crippen LogP contribution in [0.2, 0.25) is 0 Å². The SMILES string of the molecule is CC(C)(C)OC(=O)CCCn1cccc1Cc1ccccc1. The Bertz CT molecular complexity index is 593. The zero-order valence-electron chi connectivity index (χ0n) is 13.7. The van der Waals surface area contributed by atoms with Crippen LogP contribution < -0.4 is 0 Å². The van der Waals surface area contributed by atoms with Crippen molar-refractivity contribution in [1.82, 2.24) is 4.57 Å². The van der Waals surface area contributed by atoms with E-state index in [0.29, 0.717) is 6.42 Å².